The lowest BCUT2D eigenvalue weighted by Gasteiger charge is -2.38. The van der Waals surface area contributed by atoms with E-state index in [2.05, 4.69) is 5.32 Å². The number of ether oxygens (including phenoxy) is 1. The van der Waals surface area contributed by atoms with Gasteiger partial charge in [0.1, 0.15) is 12.4 Å². The van der Waals surface area contributed by atoms with Crippen LogP contribution in [0.5, 0.6) is 0 Å². The number of halogens is 1. The minimum absolute atomic E-state index is 0.126. The maximum atomic E-state index is 12.6. The molecule has 0 spiro atoms. The molecule has 0 saturated carbocycles. The summed E-state index contributed by atoms with van der Waals surface area (Å²) in [7, 11) is 1.66. The summed E-state index contributed by atoms with van der Waals surface area (Å²) in [6.45, 7) is 0.135. The number of carbonyl (C=O) groups is 2. The first-order valence-electron chi connectivity index (χ1n) is 7.49. The molecule has 24 heavy (non-hydrogen) atoms. The number of likely N-dealkylation sites (N-methyl/N-ethyl adjacent to an activating group) is 1. The Morgan fingerprint density at radius 1 is 1.33 bits per heavy atom. The second-order valence-corrected chi connectivity index (χ2v) is 5.97. The van der Waals surface area contributed by atoms with Gasteiger partial charge in [-0.2, -0.15) is 0 Å². The van der Waals surface area contributed by atoms with Crippen molar-refractivity contribution in [3.8, 4) is 0 Å². The number of morpholine rings is 1. The van der Waals surface area contributed by atoms with Gasteiger partial charge in [0, 0.05) is 12.1 Å². The molecule has 7 heteroatoms. The Labute approximate surface area is 144 Å². The van der Waals surface area contributed by atoms with Crippen LogP contribution in [0.15, 0.2) is 47.1 Å². The summed E-state index contributed by atoms with van der Waals surface area (Å²) >= 11 is 5.92. The zero-order chi connectivity index (χ0) is 17.1. The fourth-order valence-electron chi connectivity index (χ4n) is 2.68. The van der Waals surface area contributed by atoms with E-state index in [0.717, 1.165) is 5.56 Å². The van der Waals surface area contributed by atoms with E-state index < -0.39 is 12.1 Å². The number of nitrogens with zero attached hydrogens (tertiary/aromatic N) is 1. The van der Waals surface area contributed by atoms with E-state index in [1.54, 1.807) is 49.7 Å². The highest BCUT2D eigenvalue weighted by atomic mass is 35.5. The third kappa shape index (κ3) is 3.44. The number of rotatable bonds is 4. The van der Waals surface area contributed by atoms with Crippen molar-refractivity contribution in [1.82, 2.24) is 10.2 Å². The Kier molecular flexibility index (Phi) is 4.87. The van der Waals surface area contributed by atoms with E-state index >= 15 is 0 Å². The van der Waals surface area contributed by atoms with E-state index in [-0.39, 0.29) is 25.0 Å². The van der Waals surface area contributed by atoms with Crippen molar-refractivity contribution >= 4 is 23.4 Å². The van der Waals surface area contributed by atoms with E-state index in [0.29, 0.717) is 10.8 Å². The molecule has 1 N–H and O–H groups in total. The molecule has 3 rings (SSSR count). The van der Waals surface area contributed by atoms with Gasteiger partial charge in [0.2, 0.25) is 5.91 Å². The predicted molar refractivity (Wildman–Crippen MR) is 87.3 cm³/mol. The van der Waals surface area contributed by atoms with Crippen molar-refractivity contribution in [3.63, 3.8) is 0 Å². The molecule has 0 bridgehead atoms. The highest BCUT2D eigenvalue weighted by molar-refractivity contribution is 6.30. The molecule has 1 fully saturated rings. The van der Waals surface area contributed by atoms with Crippen molar-refractivity contribution in [2.24, 2.45) is 0 Å². The standard InChI is InChI=1S/C17H17ClN2O4/c1-20-14(21)10-24-16(15(20)11-4-6-12(18)7-5-11)17(22)19-9-13-3-2-8-23-13/h2-8,15-16H,9-10H2,1H3,(H,19,22)/t15-,16+/m1/s1. The third-order valence-corrected chi connectivity index (χ3v) is 4.22. The van der Waals surface area contributed by atoms with Crippen molar-refractivity contribution in [1.29, 1.82) is 0 Å². The van der Waals surface area contributed by atoms with Gasteiger partial charge in [-0.3, -0.25) is 9.59 Å². The van der Waals surface area contributed by atoms with Crippen LogP contribution in [0.2, 0.25) is 5.02 Å². The van der Waals surface area contributed by atoms with Gasteiger partial charge in [0.05, 0.1) is 18.8 Å². The molecule has 0 aliphatic carbocycles. The predicted octanol–water partition coefficient (Wildman–Crippen LogP) is 2.15. The summed E-state index contributed by atoms with van der Waals surface area (Å²) in [4.78, 5) is 26.1. The molecule has 1 aromatic carbocycles. The smallest absolute Gasteiger partial charge is 0.252 e. The average Bonchev–Trinajstić information content (AvgIpc) is 3.09. The van der Waals surface area contributed by atoms with Gasteiger partial charge in [-0.05, 0) is 29.8 Å². The van der Waals surface area contributed by atoms with Crippen LogP contribution in [-0.4, -0.2) is 36.5 Å². The lowest BCUT2D eigenvalue weighted by Crippen LogP contribution is -2.52. The number of furan rings is 1. The monoisotopic (exact) mass is 348 g/mol. The Morgan fingerprint density at radius 3 is 2.75 bits per heavy atom. The lowest BCUT2D eigenvalue weighted by atomic mass is 9.97. The lowest BCUT2D eigenvalue weighted by molar-refractivity contribution is -0.162. The molecule has 2 amide bonds. The van der Waals surface area contributed by atoms with Crippen LogP contribution >= 0.6 is 11.6 Å². The van der Waals surface area contributed by atoms with Gasteiger partial charge in [0.25, 0.3) is 5.91 Å². The Balaban J connectivity index is 1.79. The van der Waals surface area contributed by atoms with Gasteiger partial charge >= 0.3 is 0 Å². The minimum Gasteiger partial charge on any atom is -0.467 e. The molecule has 2 heterocycles. The summed E-state index contributed by atoms with van der Waals surface area (Å²) in [5.74, 6) is 0.169. The molecule has 0 unspecified atom stereocenters. The van der Waals surface area contributed by atoms with Gasteiger partial charge in [0.15, 0.2) is 6.10 Å². The largest absolute Gasteiger partial charge is 0.467 e. The second kappa shape index (κ2) is 7.07. The average molecular weight is 349 g/mol. The van der Waals surface area contributed by atoms with E-state index in [1.165, 1.54) is 4.90 Å². The third-order valence-electron chi connectivity index (χ3n) is 3.97. The Hall–Kier alpha value is -2.31. The Morgan fingerprint density at radius 2 is 2.08 bits per heavy atom. The second-order valence-electron chi connectivity index (χ2n) is 5.53. The first kappa shape index (κ1) is 16.5. The molecule has 126 valence electrons. The quantitative estimate of drug-likeness (QED) is 0.919. The number of carbonyl (C=O) groups excluding carboxylic acids is 2. The summed E-state index contributed by atoms with van der Waals surface area (Å²) in [5, 5.41) is 3.37. The molecule has 1 aliphatic rings. The van der Waals surface area contributed by atoms with E-state index in [1.807, 2.05) is 0 Å². The molecular formula is C17H17ClN2O4. The zero-order valence-corrected chi connectivity index (χ0v) is 13.8. The van der Waals surface area contributed by atoms with Crippen LogP contribution in [0.25, 0.3) is 0 Å². The summed E-state index contributed by atoms with van der Waals surface area (Å²) in [6, 6.07) is 10.0. The molecule has 1 aromatic heterocycles. The van der Waals surface area contributed by atoms with Crippen molar-refractivity contribution in [3.05, 3.63) is 59.0 Å². The molecule has 0 radical (unpaired) electrons. The van der Waals surface area contributed by atoms with Crippen LogP contribution in [0, 0.1) is 0 Å². The van der Waals surface area contributed by atoms with Crippen molar-refractivity contribution in [2.45, 2.75) is 18.7 Å². The van der Waals surface area contributed by atoms with Crippen molar-refractivity contribution < 1.29 is 18.7 Å². The minimum atomic E-state index is -0.802. The summed E-state index contributed by atoms with van der Waals surface area (Å²) in [6.07, 6.45) is 0.741. The number of hydrogen-bond donors (Lipinski definition) is 1. The highest BCUT2D eigenvalue weighted by Crippen LogP contribution is 2.30. The molecule has 2 aromatic rings. The fourth-order valence-corrected chi connectivity index (χ4v) is 2.80. The van der Waals surface area contributed by atoms with Crippen LogP contribution in [0.3, 0.4) is 0 Å². The molecule has 1 aliphatic heterocycles. The number of amides is 2. The molecule has 6 nitrogen and oxygen atoms in total. The van der Waals surface area contributed by atoms with Gasteiger partial charge < -0.3 is 19.4 Å². The van der Waals surface area contributed by atoms with Gasteiger partial charge in [-0.15, -0.1) is 0 Å². The van der Waals surface area contributed by atoms with Crippen LogP contribution in [-0.2, 0) is 20.9 Å². The molecule has 1 saturated heterocycles. The molecule has 2 atom stereocenters. The number of hydrogen-bond acceptors (Lipinski definition) is 4. The van der Waals surface area contributed by atoms with Crippen LogP contribution in [0.4, 0.5) is 0 Å². The fraction of sp³-hybridized carbons (Fsp3) is 0.294. The topological polar surface area (TPSA) is 71.8 Å². The Bertz CT molecular complexity index is 715. The van der Waals surface area contributed by atoms with Gasteiger partial charge in [-0.25, -0.2) is 0 Å². The van der Waals surface area contributed by atoms with Crippen LogP contribution < -0.4 is 5.32 Å². The maximum absolute atomic E-state index is 12.6. The SMILES string of the molecule is CN1C(=O)CO[C@H](C(=O)NCc2ccco2)[C@H]1c1ccc(Cl)cc1. The van der Waals surface area contributed by atoms with E-state index in [4.69, 9.17) is 20.8 Å². The first-order chi connectivity index (χ1) is 11.6. The van der Waals surface area contributed by atoms with Crippen LogP contribution in [0.1, 0.15) is 17.4 Å². The zero-order valence-electron chi connectivity index (χ0n) is 13.1. The molecular weight excluding hydrogens is 332 g/mol. The van der Waals surface area contributed by atoms with Gasteiger partial charge in [-0.1, -0.05) is 23.7 Å². The van der Waals surface area contributed by atoms with E-state index in [9.17, 15) is 9.59 Å². The number of nitrogens with one attached hydrogen (secondary N) is 1. The first-order valence-corrected chi connectivity index (χ1v) is 7.87. The summed E-state index contributed by atoms with van der Waals surface area (Å²) in [5.41, 5.74) is 0.785. The highest BCUT2D eigenvalue weighted by Gasteiger charge is 2.39. The normalized spacial score (nSPS) is 20.9. The summed E-state index contributed by atoms with van der Waals surface area (Å²) < 4.78 is 10.7. The number of benzene rings is 1. The van der Waals surface area contributed by atoms with Crippen molar-refractivity contribution in [2.75, 3.05) is 13.7 Å². The maximum Gasteiger partial charge on any atom is 0.252 e.